The summed E-state index contributed by atoms with van der Waals surface area (Å²) in [6, 6.07) is 0.363. The summed E-state index contributed by atoms with van der Waals surface area (Å²) in [4.78, 5) is 4.30. The highest BCUT2D eigenvalue weighted by Crippen LogP contribution is 2.15. The number of hydrogen-bond donors (Lipinski definition) is 1. The fraction of sp³-hybridized carbons (Fsp3) is 0.615. The number of nitrogens with zero attached hydrogens (tertiary/aromatic N) is 5. The van der Waals surface area contributed by atoms with E-state index in [0.717, 1.165) is 25.2 Å². The maximum absolute atomic E-state index is 4.40. The van der Waals surface area contributed by atoms with Crippen molar-refractivity contribution in [1.29, 1.82) is 0 Å². The van der Waals surface area contributed by atoms with E-state index in [2.05, 4.69) is 40.5 Å². The normalized spacial score (nSPS) is 12.8. The topological polar surface area (TPSA) is 60.6 Å². The third-order valence-corrected chi connectivity index (χ3v) is 3.25. The lowest BCUT2D eigenvalue weighted by Crippen LogP contribution is -2.14. The van der Waals surface area contributed by atoms with Crippen LogP contribution in [0, 0.1) is 0 Å². The third kappa shape index (κ3) is 3.20. The molecule has 6 nitrogen and oxygen atoms in total. The molecular weight excluding hydrogens is 240 g/mol. The molecule has 0 radical (unpaired) electrons. The smallest absolute Gasteiger partial charge is 0.148 e. The van der Waals surface area contributed by atoms with Crippen molar-refractivity contribution in [1.82, 2.24) is 29.9 Å². The van der Waals surface area contributed by atoms with Crippen molar-refractivity contribution in [2.45, 2.75) is 45.8 Å². The average Bonchev–Trinajstić information content (AvgIpc) is 3.03. The summed E-state index contributed by atoms with van der Waals surface area (Å²) in [5.74, 6) is 0.953. The van der Waals surface area contributed by atoms with E-state index in [4.69, 9.17) is 0 Å². The molecule has 1 atom stereocenters. The van der Waals surface area contributed by atoms with Gasteiger partial charge in [-0.25, -0.2) is 9.67 Å². The first kappa shape index (κ1) is 13.7. The summed E-state index contributed by atoms with van der Waals surface area (Å²) in [6.07, 6.45) is 7.71. The van der Waals surface area contributed by atoms with Gasteiger partial charge in [0, 0.05) is 24.3 Å². The van der Waals surface area contributed by atoms with Gasteiger partial charge in [-0.15, -0.1) is 0 Å². The molecule has 0 aliphatic heterocycles. The van der Waals surface area contributed by atoms with Crippen LogP contribution in [0.2, 0.25) is 0 Å². The summed E-state index contributed by atoms with van der Waals surface area (Å²) in [7, 11) is 1.98. The van der Waals surface area contributed by atoms with E-state index >= 15 is 0 Å². The zero-order valence-corrected chi connectivity index (χ0v) is 11.9. The molecule has 6 heteroatoms. The molecule has 0 saturated heterocycles. The second-order valence-electron chi connectivity index (χ2n) is 4.62. The van der Waals surface area contributed by atoms with Crippen LogP contribution in [-0.2, 0) is 13.1 Å². The Labute approximate surface area is 113 Å². The van der Waals surface area contributed by atoms with E-state index in [-0.39, 0.29) is 0 Å². The monoisotopic (exact) mass is 262 g/mol. The molecular formula is C13H22N6. The Morgan fingerprint density at radius 3 is 2.84 bits per heavy atom. The van der Waals surface area contributed by atoms with Gasteiger partial charge in [0.15, 0.2) is 0 Å². The van der Waals surface area contributed by atoms with Crippen LogP contribution >= 0.6 is 0 Å². The van der Waals surface area contributed by atoms with Crippen LogP contribution in [0.25, 0.3) is 0 Å². The van der Waals surface area contributed by atoms with Gasteiger partial charge in [0.25, 0.3) is 0 Å². The predicted molar refractivity (Wildman–Crippen MR) is 73.7 cm³/mol. The van der Waals surface area contributed by atoms with Crippen LogP contribution in [0.15, 0.2) is 18.7 Å². The molecule has 0 aliphatic carbocycles. The molecule has 0 aromatic carbocycles. The van der Waals surface area contributed by atoms with Crippen molar-refractivity contribution < 1.29 is 0 Å². The first-order chi connectivity index (χ1) is 9.28. The van der Waals surface area contributed by atoms with Crippen molar-refractivity contribution in [2.24, 2.45) is 0 Å². The minimum atomic E-state index is 0.363. The number of hydrogen-bond acceptors (Lipinski definition) is 4. The number of aromatic nitrogens is 5. The van der Waals surface area contributed by atoms with Gasteiger partial charge in [-0.2, -0.15) is 10.2 Å². The lowest BCUT2D eigenvalue weighted by Gasteiger charge is -2.10. The molecule has 0 bridgehead atoms. The van der Waals surface area contributed by atoms with E-state index in [9.17, 15) is 0 Å². The lowest BCUT2D eigenvalue weighted by atomic mass is 10.1. The van der Waals surface area contributed by atoms with Crippen LogP contribution in [-0.4, -0.2) is 31.6 Å². The Hall–Kier alpha value is -1.69. The third-order valence-electron chi connectivity index (χ3n) is 3.25. The van der Waals surface area contributed by atoms with Crippen LogP contribution in [0.3, 0.4) is 0 Å². The Morgan fingerprint density at radius 1 is 1.32 bits per heavy atom. The van der Waals surface area contributed by atoms with Crippen LogP contribution in [0.4, 0.5) is 0 Å². The maximum atomic E-state index is 4.40. The average molecular weight is 262 g/mol. The predicted octanol–water partition coefficient (Wildman–Crippen LogP) is 1.60. The number of rotatable bonds is 7. The Kier molecular flexibility index (Phi) is 4.68. The van der Waals surface area contributed by atoms with Gasteiger partial charge in [0.2, 0.25) is 0 Å². The van der Waals surface area contributed by atoms with Crippen LogP contribution in [0.1, 0.15) is 44.1 Å². The highest BCUT2D eigenvalue weighted by molar-refractivity contribution is 5.10. The zero-order valence-electron chi connectivity index (χ0n) is 11.9. The minimum absolute atomic E-state index is 0.363. The molecule has 2 rings (SSSR count). The van der Waals surface area contributed by atoms with Gasteiger partial charge in [-0.3, -0.25) is 4.68 Å². The molecule has 2 aromatic rings. The molecule has 0 aliphatic rings. The summed E-state index contributed by atoms with van der Waals surface area (Å²) in [5, 5.41) is 11.9. The van der Waals surface area contributed by atoms with E-state index < -0.39 is 0 Å². The van der Waals surface area contributed by atoms with Gasteiger partial charge in [-0.1, -0.05) is 13.8 Å². The minimum Gasteiger partial charge on any atom is -0.313 e. The highest BCUT2D eigenvalue weighted by atomic mass is 15.4. The van der Waals surface area contributed by atoms with Gasteiger partial charge >= 0.3 is 0 Å². The van der Waals surface area contributed by atoms with Crippen molar-refractivity contribution in [3.8, 4) is 0 Å². The highest BCUT2D eigenvalue weighted by Gasteiger charge is 2.10. The van der Waals surface area contributed by atoms with Gasteiger partial charge in [0.05, 0.1) is 6.20 Å². The number of nitrogens with one attached hydrogen (secondary N) is 1. The summed E-state index contributed by atoms with van der Waals surface area (Å²) in [5.41, 5.74) is 1.21. The fourth-order valence-electron chi connectivity index (χ4n) is 2.21. The van der Waals surface area contributed by atoms with E-state index in [1.54, 1.807) is 6.33 Å². The van der Waals surface area contributed by atoms with Gasteiger partial charge in [0.1, 0.15) is 18.7 Å². The first-order valence-corrected chi connectivity index (χ1v) is 6.84. The number of aryl methyl sites for hydroxylation is 1. The maximum Gasteiger partial charge on any atom is 0.148 e. The zero-order chi connectivity index (χ0) is 13.7. The van der Waals surface area contributed by atoms with Gasteiger partial charge < -0.3 is 5.32 Å². The molecule has 1 N–H and O–H groups in total. The fourth-order valence-corrected chi connectivity index (χ4v) is 2.21. The molecule has 0 amide bonds. The lowest BCUT2D eigenvalue weighted by molar-refractivity contribution is 0.537. The largest absolute Gasteiger partial charge is 0.313 e. The quantitative estimate of drug-likeness (QED) is 0.823. The molecule has 0 fully saturated rings. The SMILES string of the molecule is CCCn1ncnc1Cn1cc(C(CC)NC)cn1. The van der Waals surface area contributed by atoms with Crippen molar-refractivity contribution >= 4 is 0 Å². The molecule has 0 saturated carbocycles. The second-order valence-corrected chi connectivity index (χ2v) is 4.62. The van der Waals surface area contributed by atoms with Crippen LogP contribution < -0.4 is 5.32 Å². The second kappa shape index (κ2) is 6.47. The molecule has 2 aromatic heterocycles. The van der Waals surface area contributed by atoms with Gasteiger partial charge in [-0.05, 0) is 19.9 Å². The molecule has 104 valence electrons. The summed E-state index contributed by atoms with van der Waals surface area (Å²) < 4.78 is 3.86. The summed E-state index contributed by atoms with van der Waals surface area (Å²) in [6.45, 7) is 5.87. The standard InChI is InChI=1S/C13H22N6/c1-4-6-19-13(15-10-17-19)9-18-8-11(7-16-18)12(5-2)14-3/h7-8,10,12,14H,4-6,9H2,1-3H3. The van der Waals surface area contributed by atoms with E-state index in [0.29, 0.717) is 12.6 Å². The molecule has 1 unspecified atom stereocenters. The van der Waals surface area contributed by atoms with Crippen LogP contribution in [0.5, 0.6) is 0 Å². The Balaban J connectivity index is 2.09. The van der Waals surface area contributed by atoms with Crippen molar-refractivity contribution in [2.75, 3.05) is 7.05 Å². The molecule has 19 heavy (non-hydrogen) atoms. The molecule has 2 heterocycles. The first-order valence-electron chi connectivity index (χ1n) is 6.84. The van der Waals surface area contributed by atoms with Crippen molar-refractivity contribution in [3.05, 3.63) is 30.1 Å². The Bertz CT molecular complexity index is 497. The van der Waals surface area contributed by atoms with E-state index in [1.807, 2.05) is 22.6 Å². The van der Waals surface area contributed by atoms with Crippen molar-refractivity contribution in [3.63, 3.8) is 0 Å². The summed E-state index contributed by atoms with van der Waals surface area (Å²) >= 11 is 0. The van der Waals surface area contributed by atoms with E-state index in [1.165, 1.54) is 5.56 Å². The Morgan fingerprint density at radius 2 is 2.16 bits per heavy atom. The molecule has 0 spiro atoms.